The lowest BCUT2D eigenvalue weighted by atomic mass is 10.2. The van der Waals surface area contributed by atoms with Crippen LogP contribution in [0.15, 0.2) is 47.3 Å². The topological polar surface area (TPSA) is 117 Å². The molecule has 0 spiro atoms. The number of aromatic amines is 1. The van der Waals surface area contributed by atoms with Gasteiger partial charge >= 0.3 is 6.03 Å². The minimum absolute atomic E-state index is 0.164. The normalized spacial score (nSPS) is 9.80. The minimum Gasteiger partial charge on any atom is -0.351 e. The lowest BCUT2D eigenvalue weighted by Crippen LogP contribution is -2.19. The highest BCUT2D eigenvalue weighted by Crippen LogP contribution is 2.13. The van der Waals surface area contributed by atoms with Gasteiger partial charge < -0.3 is 21.4 Å². The van der Waals surface area contributed by atoms with Gasteiger partial charge in [0.05, 0.1) is 0 Å². The van der Waals surface area contributed by atoms with Crippen molar-refractivity contribution in [2.24, 2.45) is 5.73 Å². The number of nitrogens with one attached hydrogen (secondary N) is 3. The minimum atomic E-state index is -0.663. The van der Waals surface area contributed by atoms with E-state index in [2.05, 4.69) is 15.6 Å². The second-order valence-electron chi connectivity index (χ2n) is 3.95. The summed E-state index contributed by atoms with van der Waals surface area (Å²) in [6.07, 6.45) is 0. The number of nitrogens with two attached hydrogens (primary N) is 1. The Morgan fingerprint density at radius 2 is 1.55 bits per heavy atom. The zero-order valence-electron chi connectivity index (χ0n) is 10.3. The molecule has 3 amide bonds. The van der Waals surface area contributed by atoms with E-state index in [1.807, 2.05) is 0 Å². The smallest absolute Gasteiger partial charge is 0.316 e. The summed E-state index contributed by atoms with van der Waals surface area (Å²) in [5.74, 6) is -0.432. The third-order valence-electron chi connectivity index (χ3n) is 2.42. The number of carbonyl (C=O) groups excluding carboxylic acids is 2. The van der Waals surface area contributed by atoms with E-state index in [0.717, 1.165) is 0 Å². The molecule has 1 aromatic carbocycles. The van der Waals surface area contributed by atoms with Crippen molar-refractivity contribution in [1.29, 1.82) is 0 Å². The predicted octanol–water partition coefficient (Wildman–Crippen LogP) is 1.12. The van der Waals surface area contributed by atoms with E-state index in [1.165, 1.54) is 18.2 Å². The number of rotatable bonds is 3. The molecule has 0 aliphatic rings. The van der Waals surface area contributed by atoms with Crippen LogP contribution in [0.25, 0.3) is 0 Å². The molecule has 2 rings (SSSR count). The van der Waals surface area contributed by atoms with Crippen LogP contribution in [0.1, 0.15) is 10.5 Å². The van der Waals surface area contributed by atoms with Crippen molar-refractivity contribution < 1.29 is 9.59 Å². The standard InChI is InChI=1S/C13H12N4O3/c14-13(20)16-9-6-4-8(5-7-9)15-12(19)10-2-1-3-11(18)17-10/h1-7H,(H,15,19)(H,17,18)(H3,14,16,20). The quantitative estimate of drug-likeness (QED) is 0.670. The van der Waals surface area contributed by atoms with Crippen LogP contribution in [-0.2, 0) is 0 Å². The lowest BCUT2D eigenvalue weighted by molar-refractivity contribution is 0.102. The zero-order valence-corrected chi connectivity index (χ0v) is 10.3. The first kappa shape index (κ1) is 13.3. The molecule has 0 aliphatic heterocycles. The number of pyridine rings is 1. The summed E-state index contributed by atoms with van der Waals surface area (Å²) in [7, 11) is 0. The number of hydrogen-bond acceptors (Lipinski definition) is 3. The Balaban J connectivity index is 2.08. The third-order valence-corrected chi connectivity index (χ3v) is 2.42. The van der Waals surface area contributed by atoms with E-state index in [1.54, 1.807) is 24.3 Å². The Bertz CT molecular complexity index is 691. The van der Waals surface area contributed by atoms with Gasteiger partial charge in [-0.1, -0.05) is 6.07 Å². The maximum atomic E-state index is 11.9. The van der Waals surface area contributed by atoms with E-state index in [-0.39, 0.29) is 11.3 Å². The molecule has 0 bridgehead atoms. The van der Waals surface area contributed by atoms with Crippen LogP contribution < -0.4 is 21.9 Å². The molecule has 0 fully saturated rings. The number of amides is 3. The van der Waals surface area contributed by atoms with Crippen LogP contribution in [0.4, 0.5) is 16.2 Å². The Hall–Kier alpha value is -3.09. The fourth-order valence-electron chi connectivity index (χ4n) is 1.56. The second-order valence-corrected chi connectivity index (χ2v) is 3.95. The number of primary amides is 1. The summed E-state index contributed by atoms with van der Waals surface area (Å²) in [6.45, 7) is 0. The van der Waals surface area contributed by atoms with Gasteiger partial charge in [0.25, 0.3) is 5.91 Å². The van der Waals surface area contributed by atoms with Gasteiger partial charge in [0, 0.05) is 17.4 Å². The third kappa shape index (κ3) is 3.45. The number of H-pyrrole nitrogens is 1. The molecule has 0 aliphatic carbocycles. The molecule has 102 valence electrons. The van der Waals surface area contributed by atoms with E-state index in [0.29, 0.717) is 11.4 Å². The SMILES string of the molecule is NC(=O)Nc1ccc(NC(=O)c2cccc(=O)[nH]2)cc1. The lowest BCUT2D eigenvalue weighted by Gasteiger charge is -2.06. The molecule has 0 saturated heterocycles. The van der Waals surface area contributed by atoms with Gasteiger partial charge in [-0.15, -0.1) is 0 Å². The molecule has 5 N–H and O–H groups in total. The fourth-order valence-corrected chi connectivity index (χ4v) is 1.56. The van der Waals surface area contributed by atoms with Gasteiger partial charge in [-0.05, 0) is 30.3 Å². The van der Waals surface area contributed by atoms with Crippen LogP contribution in [0.3, 0.4) is 0 Å². The molecule has 0 radical (unpaired) electrons. The molecule has 2 aromatic rings. The van der Waals surface area contributed by atoms with Crippen LogP contribution in [-0.4, -0.2) is 16.9 Å². The number of urea groups is 1. The van der Waals surface area contributed by atoms with Crippen molar-refractivity contribution in [3.8, 4) is 0 Å². The molecular formula is C13H12N4O3. The predicted molar refractivity (Wildman–Crippen MR) is 74.7 cm³/mol. The van der Waals surface area contributed by atoms with Gasteiger partial charge in [0.2, 0.25) is 5.56 Å². The number of anilines is 2. The molecule has 20 heavy (non-hydrogen) atoms. The maximum absolute atomic E-state index is 11.9. The molecule has 7 nitrogen and oxygen atoms in total. The van der Waals surface area contributed by atoms with E-state index < -0.39 is 11.9 Å². The highest BCUT2D eigenvalue weighted by molar-refractivity contribution is 6.02. The number of aromatic nitrogens is 1. The molecule has 0 saturated carbocycles. The van der Waals surface area contributed by atoms with Crippen LogP contribution in [0.2, 0.25) is 0 Å². The van der Waals surface area contributed by atoms with E-state index in [4.69, 9.17) is 5.73 Å². The summed E-state index contributed by atoms with van der Waals surface area (Å²) in [5, 5.41) is 5.02. The summed E-state index contributed by atoms with van der Waals surface area (Å²) in [4.78, 5) is 36.0. The first-order chi connectivity index (χ1) is 9.54. The first-order valence-corrected chi connectivity index (χ1v) is 5.72. The average molecular weight is 272 g/mol. The average Bonchev–Trinajstić information content (AvgIpc) is 2.40. The van der Waals surface area contributed by atoms with Crippen molar-refractivity contribution in [1.82, 2.24) is 4.98 Å². The van der Waals surface area contributed by atoms with E-state index >= 15 is 0 Å². The Morgan fingerprint density at radius 3 is 2.10 bits per heavy atom. The number of hydrogen-bond donors (Lipinski definition) is 4. The van der Waals surface area contributed by atoms with Crippen molar-refractivity contribution in [2.75, 3.05) is 10.6 Å². The van der Waals surface area contributed by atoms with Gasteiger partial charge in [-0.2, -0.15) is 0 Å². The summed E-state index contributed by atoms with van der Waals surface area (Å²) in [5.41, 5.74) is 5.84. The van der Waals surface area contributed by atoms with Gasteiger partial charge in [0.1, 0.15) is 5.69 Å². The highest BCUT2D eigenvalue weighted by Gasteiger charge is 2.06. The van der Waals surface area contributed by atoms with Crippen LogP contribution >= 0.6 is 0 Å². The fraction of sp³-hybridized carbons (Fsp3) is 0. The van der Waals surface area contributed by atoms with E-state index in [9.17, 15) is 14.4 Å². The Kier molecular flexibility index (Phi) is 3.80. The molecule has 1 aromatic heterocycles. The Labute approximate surface area is 113 Å². The van der Waals surface area contributed by atoms with Crippen LogP contribution in [0.5, 0.6) is 0 Å². The highest BCUT2D eigenvalue weighted by atomic mass is 16.2. The summed E-state index contributed by atoms with van der Waals surface area (Å²) < 4.78 is 0. The second kappa shape index (κ2) is 5.70. The largest absolute Gasteiger partial charge is 0.351 e. The van der Waals surface area contributed by atoms with Crippen LogP contribution in [0, 0.1) is 0 Å². The van der Waals surface area contributed by atoms with Gasteiger partial charge in [-0.3, -0.25) is 9.59 Å². The van der Waals surface area contributed by atoms with Crippen molar-refractivity contribution in [3.05, 3.63) is 58.5 Å². The van der Waals surface area contributed by atoms with Crippen molar-refractivity contribution in [2.45, 2.75) is 0 Å². The zero-order chi connectivity index (χ0) is 14.5. The Morgan fingerprint density at radius 1 is 0.950 bits per heavy atom. The van der Waals surface area contributed by atoms with Gasteiger partial charge in [0.15, 0.2) is 0 Å². The number of carbonyl (C=O) groups is 2. The summed E-state index contributed by atoms with van der Waals surface area (Å²) >= 11 is 0. The van der Waals surface area contributed by atoms with Gasteiger partial charge in [-0.25, -0.2) is 4.79 Å². The molecule has 7 heteroatoms. The molecular weight excluding hydrogens is 260 g/mol. The molecule has 0 unspecified atom stereocenters. The molecule has 0 atom stereocenters. The monoisotopic (exact) mass is 272 g/mol. The number of benzene rings is 1. The van der Waals surface area contributed by atoms with Crippen molar-refractivity contribution in [3.63, 3.8) is 0 Å². The van der Waals surface area contributed by atoms with Crippen molar-refractivity contribution >= 4 is 23.3 Å². The first-order valence-electron chi connectivity index (χ1n) is 5.72. The molecule has 1 heterocycles. The summed E-state index contributed by atoms with van der Waals surface area (Å²) in [6, 6.07) is 10.0. The maximum Gasteiger partial charge on any atom is 0.316 e.